The highest BCUT2D eigenvalue weighted by molar-refractivity contribution is 5.73. The highest BCUT2D eigenvalue weighted by Crippen LogP contribution is 2.58. The van der Waals surface area contributed by atoms with E-state index >= 15 is 0 Å². The summed E-state index contributed by atoms with van der Waals surface area (Å²) in [5, 5.41) is 20.3. The van der Waals surface area contributed by atoms with E-state index in [-0.39, 0.29) is 55.0 Å². The Labute approximate surface area is 255 Å². The van der Waals surface area contributed by atoms with E-state index in [1.165, 1.54) is 14.0 Å². The average Bonchev–Trinajstić information content (AvgIpc) is 2.92. The number of carbonyl (C=O) groups excluding carboxylic acids is 2. The lowest BCUT2D eigenvalue weighted by Crippen LogP contribution is -2.69. The molecule has 10 atom stereocenters. The molecule has 0 unspecified atom stereocenters. The molecular formula is C33H50O10. The second-order valence-corrected chi connectivity index (χ2v) is 13.6. The fourth-order valence-electron chi connectivity index (χ4n) is 7.27. The first-order valence-electron chi connectivity index (χ1n) is 15.5. The molecule has 1 aromatic rings. The van der Waals surface area contributed by atoms with E-state index in [4.69, 9.17) is 28.4 Å². The van der Waals surface area contributed by atoms with Gasteiger partial charge in [-0.05, 0) is 49.8 Å². The summed E-state index contributed by atoms with van der Waals surface area (Å²) in [6.07, 6.45) is -1.45. The van der Waals surface area contributed by atoms with Gasteiger partial charge in [-0.3, -0.25) is 9.59 Å². The SMILES string of the molecule is CO[C@@H](CC[C@H](C)[C@H]1O[C@@]23C[C@H](OC(=O)C[C@H]([C@@H](C)O)OC(=O)C[C@](OC)(O2)[C@H](C)CC3(C)C)[C@@H]1C)c1cccc(O)c1. The molecule has 3 saturated heterocycles. The van der Waals surface area contributed by atoms with Crippen molar-refractivity contribution in [1.29, 1.82) is 0 Å². The number of phenolic OH excluding ortho intramolecular Hbond substituents is 1. The van der Waals surface area contributed by atoms with Crippen LogP contribution in [0.15, 0.2) is 24.3 Å². The predicted octanol–water partition coefficient (Wildman–Crippen LogP) is 5.04. The van der Waals surface area contributed by atoms with Crippen LogP contribution >= 0.6 is 0 Å². The van der Waals surface area contributed by atoms with Crippen LogP contribution in [0.4, 0.5) is 0 Å². The minimum absolute atomic E-state index is 0.00196. The Morgan fingerprint density at radius 2 is 1.77 bits per heavy atom. The topological polar surface area (TPSA) is 130 Å². The number of hydrogen-bond donors (Lipinski definition) is 2. The van der Waals surface area contributed by atoms with E-state index in [0.717, 1.165) is 12.0 Å². The van der Waals surface area contributed by atoms with E-state index in [1.807, 2.05) is 19.9 Å². The van der Waals surface area contributed by atoms with Crippen molar-refractivity contribution in [1.82, 2.24) is 0 Å². The third kappa shape index (κ3) is 6.88. The van der Waals surface area contributed by atoms with Crippen molar-refractivity contribution in [2.24, 2.45) is 23.2 Å². The molecule has 0 radical (unpaired) electrons. The number of phenols is 1. The molecule has 10 nitrogen and oxygen atoms in total. The molecule has 3 aliphatic heterocycles. The van der Waals surface area contributed by atoms with Crippen LogP contribution in [0.5, 0.6) is 5.75 Å². The van der Waals surface area contributed by atoms with Crippen molar-refractivity contribution in [3.8, 4) is 5.75 Å². The Morgan fingerprint density at radius 3 is 2.40 bits per heavy atom. The van der Waals surface area contributed by atoms with Crippen molar-refractivity contribution in [3.05, 3.63) is 29.8 Å². The highest BCUT2D eigenvalue weighted by Gasteiger charge is 2.65. The van der Waals surface area contributed by atoms with Gasteiger partial charge in [0, 0.05) is 37.9 Å². The Balaban J connectivity index is 1.69. The molecule has 3 heterocycles. The summed E-state index contributed by atoms with van der Waals surface area (Å²) >= 11 is 0. The Bertz CT molecular complexity index is 1140. The number of esters is 2. The summed E-state index contributed by atoms with van der Waals surface area (Å²) in [5.74, 6) is -3.93. The number of aromatic hydroxyl groups is 1. The highest BCUT2D eigenvalue weighted by atomic mass is 16.8. The van der Waals surface area contributed by atoms with Gasteiger partial charge in [-0.15, -0.1) is 0 Å². The lowest BCUT2D eigenvalue weighted by molar-refractivity contribution is -0.455. The Hall–Kier alpha value is -2.24. The maximum atomic E-state index is 13.2. The van der Waals surface area contributed by atoms with Gasteiger partial charge in [0.05, 0.1) is 31.2 Å². The normalized spacial score (nSPS) is 36.7. The number of rotatable bonds is 8. The molecule has 0 aromatic heterocycles. The van der Waals surface area contributed by atoms with Gasteiger partial charge in [0.1, 0.15) is 18.0 Å². The summed E-state index contributed by atoms with van der Waals surface area (Å²) < 4.78 is 37.4. The Kier molecular flexibility index (Phi) is 10.2. The number of aliphatic hydroxyl groups is 1. The summed E-state index contributed by atoms with van der Waals surface area (Å²) in [7, 11) is 3.17. The summed E-state index contributed by atoms with van der Waals surface area (Å²) in [4.78, 5) is 26.4. The molecule has 3 bridgehead atoms. The van der Waals surface area contributed by atoms with Crippen LogP contribution in [0.1, 0.15) is 91.7 Å². The number of carbonyl (C=O) groups is 2. The first-order chi connectivity index (χ1) is 20.2. The van der Waals surface area contributed by atoms with Crippen molar-refractivity contribution in [3.63, 3.8) is 0 Å². The fraction of sp³-hybridized carbons (Fsp3) is 0.758. The predicted molar refractivity (Wildman–Crippen MR) is 157 cm³/mol. The largest absolute Gasteiger partial charge is 0.508 e. The minimum Gasteiger partial charge on any atom is -0.508 e. The second kappa shape index (κ2) is 13.0. The van der Waals surface area contributed by atoms with Crippen LogP contribution in [0.25, 0.3) is 0 Å². The molecule has 0 amide bonds. The van der Waals surface area contributed by atoms with Crippen LogP contribution in [0, 0.1) is 23.2 Å². The van der Waals surface area contributed by atoms with E-state index in [0.29, 0.717) is 12.8 Å². The maximum absolute atomic E-state index is 13.2. The van der Waals surface area contributed by atoms with E-state index in [1.54, 1.807) is 25.3 Å². The quantitative estimate of drug-likeness (QED) is 0.388. The standard InChI is InChI=1S/C33H50O10/c1-19(12-13-25(38-7)23-10-9-11-24(35)14-23)30-21(3)27-17-33(42-30)31(5,6)16-20(2)32(39-8,43-33)18-29(37)40-26(22(4)34)15-28(36)41-27/h9-11,14,19-22,25-27,30,34-35H,12-13,15-18H2,1-8H3/t19-,20+,21-,22+,25-,26+,27-,30+,32-,33-/m0/s1. The van der Waals surface area contributed by atoms with Gasteiger partial charge in [-0.1, -0.05) is 46.8 Å². The van der Waals surface area contributed by atoms with E-state index in [9.17, 15) is 19.8 Å². The molecule has 3 fully saturated rings. The zero-order valence-corrected chi connectivity index (χ0v) is 26.8. The number of fused-ring (bicyclic) bond motifs is 2. The van der Waals surface area contributed by atoms with Gasteiger partial charge in [0.25, 0.3) is 0 Å². The van der Waals surface area contributed by atoms with Crippen LogP contribution in [0.2, 0.25) is 0 Å². The summed E-state index contributed by atoms with van der Waals surface area (Å²) in [6.45, 7) is 11.8. The molecular weight excluding hydrogens is 556 g/mol. The van der Waals surface area contributed by atoms with Crippen molar-refractivity contribution in [2.45, 2.75) is 122 Å². The molecule has 242 valence electrons. The van der Waals surface area contributed by atoms with Crippen molar-refractivity contribution in [2.75, 3.05) is 14.2 Å². The van der Waals surface area contributed by atoms with Crippen LogP contribution < -0.4 is 0 Å². The fourth-order valence-corrected chi connectivity index (χ4v) is 7.27. The number of methoxy groups -OCH3 is 2. The average molecular weight is 607 g/mol. The first kappa shape index (κ1) is 33.6. The van der Waals surface area contributed by atoms with Crippen molar-refractivity contribution < 1.29 is 48.2 Å². The zero-order chi connectivity index (χ0) is 31.7. The zero-order valence-electron chi connectivity index (χ0n) is 26.8. The third-order valence-electron chi connectivity index (χ3n) is 10.0. The molecule has 43 heavy (non-hydrogen) atoms. The third-order valence-corrected chi connectivity index (χ3v) is 10.0. The minimum atomic E-state index is -1.34. The molecule has 0 aliphatic carbocycles. The van der Waals surface area contributed by atoms with Gasteiger partial charge < -0.3 is 38.6 Å². The molecule has 4 rings (SSSR count). The maximum Gasteiger partial charge on any atom is 0.311 e. The summed E-state index contributed by atoms with van der Waals surface area (Å²) in [6, 6.07) is 7.07. The Morgan fingerprint density at radius 1 is 1.05 bits per heavy atom. The number of benzene rings is 1. The molecule has 1 spiro atoms. The number of ether oxygens (including phenoxy) is 6. The first-order valence-corrected chi connectivity index (χ1v) is 15.5. The molecule has 1 aromatic carbocycles. The molecule has 10 heteroatoms. The van der Waals surface area contributed by atoms with Gasteiger partial charge in [-0.2, -0.15) is 0 Å². The number of hydrogen-bond acceptors (Lipinski definition) is 10. The van der Waals surface area contributed by atoms with E-state index < -0.39 is 47.2 Å². The second-order valence-electron chi connectivity index (χ2n) is 13.6. The number of aliphatic hydroxyl groups excluding tert-OH is 1. The van der Waals surface area contributed by atoms with Gasteiger partial charge >= 0.3 is 11.9 Å². The smallest absolute Gasteiger partial charge is 0.311 e. The van der Waals surface area contributed by atoms with Crippen LogP contribution in [-0.4, -0.2) is 72.4 Å². The number of cyclic esters (lactones) is 1. The molecule has 2 N–H and O–H groups in total. The van der Waals surface area contributed by atoms with Gasteiger partial charge in [-0.25, -0.2) is 0 Å². The van der Waals surface area contributed by atoms with Gasteiger partial charge in [0.15, 0.2) is 11.6 Å². The lowest BCUT2D eigenvalue weighted by atomic mass is 9.66. The molecule has 0 saturated carbocycles. The van der Waals surface area contributed by atoms with E-state index in [2.05, 4.69) is 20.8 Å². The monoisotopic (exact) mass is 606 g/mol. The van der Waals surface area contributed by atoms with Gasteiger partial charge in [0.2, 0.25) is 0 Å². The van der Waals surface area contributed by atoms with Crippen LogP contribution in [0.3, 0.4) is 0 Å². The summed E-state index contributed by atoms with van der Waals surface area (Å²) in [5.41, 5.74) is 0.365. The molecule has 3 aliphatic rings. The lowest BCUT2D eigenvalue weighted by Gasteiger charge is -2.62. The van der Waals surface area contributed by atoms with Crippen LogP contribution in [-0.2, 0) is 38.0 Å². The van der Waals surface area contributed by atoms with Crippen molar-refractivity contribution >= 4 is 11.9 Å².